The molecule has 1 fully saturated rings. The molecule has 0 radical (unpaired) electrons. The topological polar surface area (TPSA) is 142 Å². The van der Waals surface area contributed by atoms with Crippen molar-refractivity contribution in [1.29, 1.82) is 0 Å². The first-order chi connectivity index (χ1) is 19.7. The predicted molar refractivity (Wildman–Crippen MR) is 150 cm³/mol. The van der Waals surface area contributed by atoms with E-state index >= 15 is 4.39 Å². The molecule has 1 aliphatic carbocycles. The Kier molecular flexibility index (Phi) is 6.58. The van der Waals surface area contributed by atoms with Crippen LogP contribution in [0.25, 0.3) is 33.5 Å². The predicted octanol–water partition coefficient (Wildman–Crippen LogP) is 4.19. The molecule has 0 spiro atoms. The fraction of sp³-hybridized carbons (Fsp3) is 0.200. The molecule has 3 aromatic heterocycles. The fourth-order valence-corrected chi connectivity index (χ4v) is 5.68. The highest BCUT2D eigenvalue weighted by Gasteiger charge is 2.27. The number of halogens is 2. The molecule has 6 rings (SSSR count). The molecule has 5 N–H and O–H groups in total. The Morgan fingerprint density at radius 1 is 0.951 bits per heavy atom. The second-order valence-corrected chi connectivity index (χ2v) is 10.2. The summed E-state index contributed by atoms with van der Waals surface area (Å²) in [6.45, 7) is 0. The van der Waals surface area contributed by atoms with Crippen LogP contribution in [0.1, 0.15) is 47.7 Å². The molecule has 1 saturated carbocycles. The number of amides is 1. The average Bonchev–Trinajstić information content (AvgIpc) is 3.34. The quantitative estimate of drug-likeness (QED) is 0.296. The van der Waals surface area contributed by atoms with Crippen LogP contribution in [0.15, 0.2) is 71.9 Å². The van der Waals surface area contributed by atoms with Gasteiger partial charge in [-0.3, -0.25) is 14.2 Å². The molecule has 9 nitrogen and oxygen atoms in total. The summed E-state index contributed by atoms with van der Waals surface area (Å²) in [4.78, 5) is 29.8. The lowest BCUT2D eigenvalue weighted by molar-refractivity contribution is 0.0999. The zero-order valence-corrected chi connectivity index (χ0v) is 21.8. The molecular formula is C30H26F2N6O3. The summed E-state index contributed by atoms with van der Waals surface area (Å²) in [6.07, 6.45) is 5.30. The van der Waals surface area contributed by atoms with Gasteiger partial charge in [0.25, 0.3) is 11.5 Å². The summed E-state index contributed by atoms with van der Waals surface area (Å²) in [5.41, 5.74) is 13.7. The van der Waals surface area contributed by atoms with Crippen LogP contribution in [0.3, 0.4) is 0 Å². The van der Waals surface area contributed by atoms with E-state index in [1.54, 1.807) is 16.6 Å². The number of primary amides is 1. The number of aliphatic hydroxyl groups is 1. The van der Waals surface area contributed by atoms with Gasteiger partial charge in [-0.1, -0.05) is 12.1 Å². The first-order valence-corrected chi connectivity index (χ1v) is 13.1. The number of hydrogen-bond donors (Lipinski definition) is 3. The van der Waals surface area contributed by atoms with Crippen LogP contribution in [-0.4, -0.2) is 36.3 Å². The lowest BCUT2D eigenvalue weighted by Crippen LogP contribution is -2.29. The van der Waals surface area contributed by atoms with Gasteiger partial charge < -0.3 is 16.6 Å². The van der Waals surface area contributed by atoms with Gasteiger partial charge in [-0.2, -0.15) is 5.10 Å². The number of rotatable bonds is 5. The number of fused-ring (bicyclic) bond motifs is 1. The molecule has 11 heteroatoms. The van der Waals surface area contributed by atoms with Gasteiger partial charge in [0.2, 0.25) is 0 Å². The Morgan fingerprint density at radius 2 is 1.68 bits per heavy atom. The number of aliphatic hydroxyl groups excluding tert-OH is 1. The molecule has 2 aromatic carbocycles. The lowest BCUT2D eigenvalue weighted by atomic mass is 9.85. The smallest absolute Gasteiger partial charge is 0.268 e. The summed E-state index contributed by atoms with van der Waals surface area (Å²) in [7, 11) is 0. The molecule has 5 aromatic rings. The number of aromatic nitrogens is 4. The van der Waals surface area contributed by atoms with Gasteiger partial charge in [-0.05, 0) is 73.7 Å². The second-order valence-electron chi connectivity index (χ2n) is 10.2. The summed E-state index contributed by atoms with van der Waals surface area (Å²) < 4.78 is 32.1. The number of nitrogens with two attached hydrogens (primary N) is 2. The molecule has 0 atom stereocenters. The number of carbonyl (C=O) groups is 1. The molecule has 0 unspecified atom stereocenters. The summed E-state index contributed by atoms with van der Waals surface area (Å²) in [6, 6.07) is 12.9. The zero-order chi connectivity index (χ0) is 28.8. The minimum Gasteiger partial charge on any atom is -0.393 e. The van der Waals surface area contributed by atoms with Gasteiger partial charge in [-0.25, -0.2) is 18.3 Å². The van der Waals surface area contributed by atoms with Crippen LogP contribution in [0.2, 0.25) is 0 Å². The van der Waals surface area contributed by atoms with E-state index in [9.17, 15) is 19.1 Å². The van der Waals surface area contributed by atoms with Crippen molar-refractivity contribution in [1.82, 2.24) is 19.2 Å². The van der Waals surface area contributed by atoms with E-state index in [0.717, 1.165) is 18.5 Å². The van der Waals surface area contributed by atoms with Crippen molar-refractivity contribution in [2.24, 2.45) is 5.73 Å². The van der Waals surface area contributed by atoms with Crippen LogP contribution in [0, 0.1) is 11.6 Å². The number of anilines is 1. The van der Waals surface area contributed by atoms with Gasteiger partial charge in [0, 0.05) is 40.2 Å². The Labute approximate surface area is 232 Å². The number of nitrogen functional groups attached to an aromatic ring is 1. The standard InChI is InChI=1S/C30H26F2N6O3/c31-18-4-6-19(7-5-18)37-12-11-21(26(29(34)40)30(37)41)17-3-10-22(24(32)13-17)23-14-25(16-1-8-20(39)9-2-16)38-27(23)28(33)35-15-36-38/h3-7,10-16,20,39H,1-2,8-9H2,(H2,34,40)(H2,33,35,36)/t16-,20-. The van der Waals surface area contributed by atoms with Crippen LogP contribution in [0.5, 0.6) is 0 Å². The van der Waals surface area contributed by atoms with Crippen LogP contribution in [-0.2, 0) is 0 Å². The maximum atomic E-state index is 15.8. The number of pyridine rings is 1. The Hall–Kier alpha value is -4.90. The maximum absolute atomic E-state index is 15.8. The Bertz CT molecular complexity index is 1860. The molecule has 3 heterocycles. The van der Waals surface area contributed by atoms with Gasteiger partial charge in [0.05, 0.1) is 6.10 Å². The number of hydrogen-bond acceptors (Lipinski definition) is 6. The molecular weight excluding hydrogens is 530 g/mol. The first kappa shape index (κ1) is 26.3. The molecule has 1 aliphatic rings. The van der Waals surface area contributed by atoms with Crippen molar-refractivity contribution >= 4 is 17.2 Å². The molecule has 0 bridgehead atoms. The van der Waals surface area contributed by atoms with Gasteiger partial charge in [0.15, 0.2) is 5.82 Å². The largest absolute Gasteiger partial charge is 0.393 e. The van der Waals surface area contributed by atoms with Crippen molar-refractivity contribution in [2.45, 2.75) is 37.7 Å². The minimum absolute atomic E-state index is 0.113. The third-order valence-corrected chi connectivity index (χ3v) is 7.74. The average molecular weight is 557 g/mol. The molecule has 208 valence electrons. The van der Waals surface area contributed by atoms with Crippen LogP contribution >= 0.6 is 0 Å². The van der Waals surface area contributed by atoms with Crippen molar-refractivity contribution in [2.75, 3.05) is 5.73 Å². The molecule has 41 heavy (non-hydrogen) atoms. The van der Waals surface area contributed by atoms with Crippen molar-refractivity contribution < 1.29 is 18.7 Å². The van der Waals surface area contributed by atoms with E-state index in [1.165, 1.54) is 53.5 Å². The molecule has 0 aliphatic heterocycles. The molecule has 1 amide bonds. The Balaban J connectivity index is 1.45. The van der Waals surface area contributed by atoms with E-state index in [2.05, 4.69) is 10.1 Å². The molecule has 0 saturated heterocycles. The monoisotopic (exact) mass is 556 g/mol. The van der Waals surface area contributed by atoms with Crippen molar-refractivity contribution in [3.8, 4) is 27.9 Å². The zero-order valence-electron chi connectivity index (χ0n) is 21.8. The first-order valence-electron chi connectivity index (χ1n) is 13.1. The van der Waals surface area contributed by atoms with E-state index in [4.69, 9.17) is 11.5 Å². The minimum atomic E-state index is -0.975. The number of nitrogens with zero attached hydrogens (tertiary/aromatic N) is 4. The third kappa shape index (κ3) is 4.63. The van der Waals surface area contributed by atoms with Gasteiger partial charge in [-0.15, -0.1) is 0 Å². The summed E-state index contributed by atoms with van der Waals surface area (Å²) in [5.74, 6) is -1.75. The van der Waals surface area contributed by atoms with E-state index in [1.807, 2.05) is 6.07 Å². The van der Waals surface area contributed by atoms with E-state index in [0.29, 0.717) is 29.6 Å². The van der Waals surface area contributed by atoms with Gasteiger partial charge >= 0.3 is 0 Å². The van der Waals surface area contributed by atoms with Crippen molar-refractivity contribution in [3.05, 3.63) is 100 Å². The van der Waals surface area contributed by atoms with Gasteiger partial charge in [0.1, 0.15) is 29.0 Å². The third-order valence-electron chi connectivity index (χ3n) is 7.74. The number of carbonyl (C=O) groups excluding carboxylic acids is 1. The highest BCUT2D eigenvalue weighted by Crippen LogP contribution is 2.40. The normalized spacial score (nSPS) is 17.1. The fourth-order valence-electron chi connectivity index (χ4n) is 5.68. The SMILES string of the molecule is NC(=O)c1c(-c2ccc(-c3cc([C@H]4CC[C@H](O)CC4)n4ncnc(N)c34)c(F)c2)ccn(-c2ccc(F)cc2)c1=O. The highest BCUT2D eigenvalue weighted by molar-refractivity contribution is 6.00. The van der Waals surface area contributed by atoms with Crippen molar-refractivity contribution in [3.63, 3.8) is 0 Å². The number of benzene rings is 2. The highest BCUT2D eigenvalue weighted by atomic mass is 19.1. The van der Waals surface area contributed by atoms with Crippen LogP contribution < -0.4 is 17.0 Å². The Morgan fingerprint density at radius 3 is 2.37 bits per heavy atom. The maximum Gasteiger partial charge on any atom is 0.268 e. The second kappa shape index (κ2) is 10.3. The lowest BCUT2D eigenvalue weighted by Gasteiger charge is -2.24. The summed E-state index contributed by atoms with van der Waals surface area (Å²) in [5, 5.41) is 14.3. The van der Waals surface area contributed by atoms with E-state index in [-0.39, 0.29) is 40.1 Å². The summed E-state index contributed by atoms with van der Waals surface area (Å²) >= 11 is 0. The van der Waals surface area contributed by atoms with E-state index < -0.39 is 23.1 Å². The van der Waals surface area contributed by atoms with Crippen LogP contribution in [0.4, 0.5) is 14.6 Å².